The van der Waals surface area contributed by atoms with E-state index in [4.69, 9.17) is 11.6 Å². The second-order valence-electron chi connectivity index (χ2n) is 5.63. The van der Waals surface area contributed by atoms with Gasteiger partial charge in [0.25, 0.3) is 5.91 Å². The van der Waals surface area contributed by atoms with E-state index in [0.29, 0.717) is 23.7 Å². The van der Waals surface area contributed by atoms with Crippen molar-refractivity contribution < 1.29 is 13.2 Å². The van der Waals surface area contributed by atoms with Crippen molar-refractivity contribution in [3.63, 3.8) is 0 Å². The molecule has 1 heterocycles. The van der Waals surface area contributed by atoms with Crippen LogP contribution in [0.25, 0.3) is 0 Å². The zero-order valence-corrected chi connectivity index (χ0v) is 16.4. The predicted molar refractivity (Wildman–Crippen MR) is 100 cm³/mol. The summed E-state index contributed by atoms with van der Waals surface area (Å²) < 4.78 is 27.4. The fourth-order valence-corrected chi connectivity index (χ4v) is 4.71. The van der Waals surface area contributed by atoms with Gasteiger partial charge in [0.1, 0.15) is 0 Å². The van der Waals surface area contributed by atoms with Crippen molar-refractivity contribution in [3.05, 3.63) is 63.6 Å². The minimum Gasteiger partial charge on any atom is -0.336 e. The summed E-state index contributed by atoms with van der Waals surface area (Å²) in [4.78, 5) is 14.5. The number of halogens is 2. The molecular formula is C17H16BrClN2O3S. The number of sulfonamides is 1. The lowest BCUT2D eigenvalue weighted by Gasteiger charge is -2.34. The summed E-state index contributed by atoms with van der Waals surface area (Å²) in [5, 5.41) is 0.382. The van der Waals surface area contributed by atoms with Crippen LogP contribution in [0.5, 0.6) is 0 Å². The predicted octanol–water partition coefficient (Wildman–Crippen LogP) is 3.25. The molecule has 8 heteroatoms. The highest BCUT2D eigenvalue weighted by Gasteiger charge is 2.30. The lowest BCUT2D eigenvalue weighted by atomic mass is 10.2. The molecule has 0 N–H and O–H groups in total. The molecule has 1 aliphatic rings. The zero-order valence-electron chi connectivity index (χ0n) is 13.2. The van der Waals surface area contributed by atoms with Crippen molar-refractivity contribution in [3.8, 4) is 0 Å². The lowest BCUT2D eigenvalue weighted by molar-refractivity contribution is 0.0698. The maximum atomic E-state index is 12.7. The molecule has 0 saturated carbocycles. The highest BCUT2D eigenvalue weighted by molar-refractivity contribution is 9.10. The second kappa shape index (κ2) is 7.45. The molecule has 1 saturated heterocycles. The summed E-state index contributed by atoms with van der Waals surface area (Å²) in [6.45, 7) is 1.17. The molecule has 0 unspecified atom stereocenters. The van der Waals surface area contributed by atoms with Crippen molar-refractivity contribution in [1.82, 2.24) is 9.21 Å². The largest absolute Gasteiger partial charge is 0.336 e. The zero-order chi connectivity index (χ0) is 18.0. The number of hydrogen-bond acceptors (Lipinski definition) is 3. The smallest absolute Gasteiger partial charge is 0.255 e. The minimum absolute atomic E-state index is 0.192. The van der Waals surface area contributed by atoms with Gasteiger partial charge in [-0.3, -0.25) is 4.79 Å². The summed E-state index contributed by atoms with van der Waals surface area (Å²) >= 11 is 9.45. The topological polar surface area (TPSA) is 57.7 Å². The van der Waals surface area contributed by atoms with Gasteiger partial charge in [0, 0.05) is 30.7 Å². The van der Waals surface area contributed by atoms with Gasteiger partial charge in [-0.25, -0.2) is 8.42 Å². The van der Waals surface area contributed by atoms with Crippen LogP contribution in [0.3, 0.4) is 0 Å². The quantitative estimate of drug-likeness (QED) is 0.732. The molecule has 0 radical (unpaired) electrons. The first-order valence-electron chi connectivity index (χ1n) is 7.69. The number of rotatable bonds is 3. The van der Waals surface area contributed by atoms with Gasteiger partial charge >= 0.3 is 0 Å². The average Bonchev–Trinajstić information content (AvgIpc) is 2.64. The highest BCUT2D eigenvalue weighted by atomic mass is 79.9. The standard InChI is InChI=1S/C17H16BrClN2O3S/c18-13-6-7-16(19)15(12-13)17(22)20-8-10-21(11-9-20)25(23,24)14-4-2-1-3-5-14/h1-7,12H,8-11H2. The number of benzene rings is 2. The fraction of sp³-hybridized carbons (Fsp3) is 0.235. The Hall–Kier alpha value is -1.41. The van der Waals surface area contributed by atoms with Gasteiger partial charge in [0.15, 0.2) is 0 Å². The molecule has 1 amide bonds. The van der Waals surface area contributed by atoms with Crippen molar-refractivity contribution in [2.45, 2.75) is 4.90 Å². The third-order valence-corrected chi connectivity index (χ3v) is 6.80. The van der Waals surface area contributed by atoms with E-state index >= 15 is 0 Å². The number of nitrogens with zero attached hydrogens (tertiary/aromatic N) is 2. The molecule has 0 aliphatic carbocycles. The van der Waals surface area contributed by atoms with Gasteiger partial charge in [0.2, 0.25) is 10.0 Å². The first-order chi connectivity index (χ1) is 11.9. The summed E-state index contributed by atoms with van der Waals surface area (Å²) in [6, 6.07) is 13.4. The Morgan fingerprint density at radius 3 is 2.28 bits per heavy atom. The van der Waals surface area contributed by atoms with Gasteiger partial charge in [-0.2, -0.15) is 4.31 Å². The second-order valence-corrected chi connectivity index (χ2v) is 8.89. The Bertz CT molecular complexity index is 882. The Labute approximate surface area is 160 Å². The van der Waals surface area contributed by atoms with Crippen LogP contribution in [0.1, 0.15) is 10.4 Å². The van der Waals surface area contributed by atoms with Crippen molar-refractivity contribution >= 4 is 43.5 Å². The molecule has 0 atom stereocenters. The third-order valence-electron chi connectivity index (χ3n) is 4.07. The lowest BCUT2D eigenvalue weighted by Crippen LogP contribution is -2.50. The van der Waals surface area contributed by atoms with Crippen LogP contribution in [0.2, 0.25) is 5.02 Å². The highest BCUT2D eigenvalue weighted by Crippen LogP contribution is 2.24. The Morgan fingerprint density at radius 1 is 1.00 bits per heavy atom. The van der Waals surface area contributed by atoms with Crippen LogP contribution in [-0.2, 0) is 10.0 Å². The molecule has 0 spiro atoms. The van der Waals surface area contributed by atoms with Crippen molar-refractivity contribution in [2.75, 3.05) is 26.2 Å². The molecule has 25 heavy (non-hydrogen) atoms. The maximum Gasteiger partial charge on any atom is 0.255 e. The van der Waals surface area contributed by atoms with E-state index in [0.717, 1.165) is 4.47 Å². The number of carbonyl (C=O) groups is 1. The first kappa shape index (κ1) is 18.4. The molecule has 1 fully saturated rings. The van der Waals surface area contributed by atoms with E-state index in [-0.39, 0.29) is 23.9 Å². The SMILES string of the molecule is O=C(c1cc(Br)ccc1Cl)N1CCN(S(=O)(=O)c2ccccc2)CC1. The molecule has 0 bridgehead atoms. The van der Waals surface area contributed by atoms with E-state index in [1.54, 1.807) is 53.4 Å². The van der Waals surface area contributed by atoms with Crippen LogP contribution in [0, 0.1) is 0 Å². The van der Waals surface area contributed by atoms with Gasteiger partial charge in [-0.1, -0.05) is 45.7 Å². The van der Waals surface area contributed by atoms with E-state index in [2.05, 4.69) is 15.9 Å². The van der Waals surface area contributed by atoms with Gasteiger partial charge in [-0.15, -0.1) is 0 Å². The van der Waals surface area contributed by atoms with Gasteiger partial charge in [0.05, 0.1) is 15.5 Å². The summed E-state index contributed by atoms with van der Waals surface area (Å²) in [5.41, 5.74) is 0.412. The number of carbonyl (C=O) groups excluding carboxylic acids is 1. The average molecular weight is 444 g/mol. The minimum atomic E-state index is -3.53. The Kier molecular flexibility index (Phi) is 5.48. The monoisotopic (exact) mass is 442 g/mol. The molecule has 2 aromatic carbocycles. The van der Waals surface area contributed by atoms with Crippen molar-refractivity contribution in [1.29, 1.82) is 0 Å². The van der Waals surface area contributed by atoms with E-state index in [9.17, 15) is 13.2 Å². The maximum absolute atomic E-state index is 12.7. The summed E-state index contributed by atoms with van der Waals surface area (Å²) in [7, 11) is -3.53. The molecule has 1 aliphatic heterocycles. The number of amides is 1. The normalized spacial score (nSPS) is 16.0. The van der Waals surface area contributed by atoms with Gasteiger partial charge < -0.3 is 4.90 Å². The molecule has 132 valence electrons. The first-order valence-corrected chi connectivity index (χ1v) is 10.3. The van der Waals surface area contributed by atoms with Crippen LogP contribution in [0.4, 0.5) is 0 Å². The third kappa shape index (κ3) is 3.89. The molecular weight excluding hydrogens is 428 g/mol. The summed E-state index contributed by atoms with van der Waals surface area (Å²) in [5.74, 6) is -0.192. The Balaban J connectivity index is 1.72. The van der Waals surface area contributed by atoms with Crippen LogP contribution >= 0.6 is 27.5 Å². The van der Waals surface area contributed by atoms with E-state index in [1.165, 1.54) is 4.31 Å². The van der Waals surface area contributed by atoms with E-state index < -0.39 is 10.0 Å². The van der Waals surface area contributed by atoms with Crippen molar-refractivity contribution in [2.24, 2.45) is 0 Å². The Morgan fingerprint density at radius 2 is 1.64 bits per heavy atom. The molecule has 0 aromatic heterocycles. The summed E-state index contributed by atoms with van der Waals surface area (Å²) in [6.07, 6.45) is 0. The van der Waals surface area contributed by atoms with Crippen LogP contribution in [-0.4, -0.2) is 49.7 Å². The number of hydrogen-bond donors (Lipinski definition) is 0. The molecule has 2 aromatic rings. The van der Waals surface area contributed by atoms with E-state index in [1.807, 2.05) is 0 Å². The van der Waals surface area contributed by atoms with Crippen LogP contribution < -0.4 is 0 Å². The fourth-order valence-electron chi connectivity index (χ4n) is 2.70. The van der Waals surface area contributed by atoms with Gasteiger partial charge in [-0.05, 0) is 30.3 Å². The molecule has 5 nitrogen and oxygen atoms in total. The number of piperazine rings is 1. The molecule has 3 rings (SSSR count). The van der Waals surface area contributed by atoms with Crippen LogP contribution in [0.15, 0.2) is 57.9 Å².